The lowest BCUT2D eigenvalue weighted by molar-refractivity contribution is 0.0272. The second-order valence-corrected chi connectivity index (χ2v) is 5.78. The molecule has 1 aromatic rings. The third-order valence-electron chi connectivity index (χ3n) is 3.89. The largest absolute Gasteiger partial charge is 0.382 e. The maximum absolute atomic E-state index is 12.4. The van der Waals surface area contributed by atoms with Gasteiger partial charge in [-0.05, 0) is 38.0 Å². The zero-order chi connectivity index (χ0) is 14.0. The molecule has 1 atom stereocenters. The number of carbonyl (C=O) groups is 1. The highest BCUT2D eigenvalue weighted by atomic mass is 16.5. The molecule has 0 spiro atoms. The molecular weight excluding hydrogens is 254 g/mol. The van der Waals surface area contributed by atoms with Crippen molar-refractivity contribution in [2.24, 2.45) is 0 Å². The Bertz CT molecular complexity index is 510. The highest BCUT2D eigenvalue weighted by molar-refractivity contribution is 5.97. The van der Waals surface area contributed by atoms with E-state index in [4.69, 9.17) is 4.74 Å². The molecule has 1 fully saturated rings. The molecular formula is C15H21N3O2. The molecule has 3 N–H and O–H groups in total. The van der Waals surface area contributed by atoms with Gasteiger partial charge in [-0.3, -0.25) is 4.79 Å². The molecule has 1 saturated heterocycles. The van der Waals surface area contributed by atoms with Crippen molar-refractivity contribution in [2.75, 3.05) is 36.9 Å². The van der Waals surface area contributed by atoms with Gasteiger partial charge in [-0.2, -0.15) is 0 Å². The van der Waals surface area contributed by atoms with E-state index in [-0.39, 0.29) is 11.4 Å². The normalized spacial score (nSPS) is 25.1. The van der Waals surface area contributed by atoms with E-state index in [0.717, 1.165) is 43.9 Å². The lowest BCUT2D eigenvalue weighted by atomic mass is 9.94. The lowest BCUT2D eigenvalue weighted by Gasteiger charge is -2.34. The number of rotatable bonds is 2. The Morgan fingerprint density at radius 1 is 1.30 bits per heavy atom. The highest BCUT2D eigenvalue weighted by Gasteiger charge is 2.29. The van der Waals surface area contributed by atoms with Crippen LogP contribution in [0, 0.1) is 0 Å². The molecule has 20 heavy (non-hydrogen) atoms. The van der Waals surface area contributed by atoms with Crippen molar-refractivity contribution < 1.29 is 9.53 Å². The van der Waals surface area contributed by atoms with E-state index in [9.17, 15) is 4.79 Å². The van der Waals surface area contributed by atoms with Crippen LogP contribution >= 0.6 is 0 Å². The van der Waals surface area contributed by atoms with Gasteiger partial charge in [0, 0.05) is 25.3 Å². The van der Waals surface area contributed by atoms with Gasteiger partial charge in [-0.1, -0.05) is 0 Å². The summed E-state index contributed by atoms with van der Waals surface area (Å²) in [5.41, 5.74) is 2.48. The predicted molar refractivity (Wildman–Crippen MR) is 79.3 cm³/mol. The SMILES string of the molecule is CC1(NC(=O)c2ccc3c(c2)NCCN3)CCCOC1. The fraction of sp³-hybridized carbons (Fsp3) is 0.533. The van der Waals surface area contributed by atoms with E-state index in [1.54, 1.807) is 0 Å². The van der Waals surface area contributed by atoms with Crippen molar-refractivity contribution in [1.82, 2.24) is 5.32 Å². The fourth-order valence-electron chi connectivity index (χ4n) is 2.76. The molecule has 0 bridgehead atoms. The Kier molecular flexibility index (Phi) is 3.53. The van der Waals surface area contributed by atoms with Crippen LogP contribution in [0.15, 0.2) is 18.2 Å². The number of ether oxygens (including phenoxy) is 1. The monoisotopic (exact) mass is 275 g/mol. The molecule has 2 aliphatic heterocycles. The Labute approximate surface area is 119 Å². The number of anilines is 2. The summed E-state index contributed by atoms with van der Waals surface area (Å²) in [5.74, 6) is -0.0341. The van der Waals surface area contributed by atoms with Gasteiger partial charge in [0.2, 0.25) is 0 Å². The summed E-state index contributed by atoms with van der Waals surface area (Å²) in [6.45, 7) is 5.21. The van der Waals surface area contributed by atoms with E-state index in [1.165, 1.54) is 0 Å². The molecule has 5 heteroatoms. The summed E-state index contributed by atoms with van der Waals surface area (Å²) >= 11 is 0. The van der Waals surface area contributed by atoms with E-state index in [1.807, 2.05) is 25.1 Å². The number of nitrogens with one attached hydrogen (secondary N) is 3. The van der Waals surface area contributed by atoms with Crippen LogP contribution in [0.25, 0.3) is 0 Å². The van der Waals surface area contributed by atoms with Crippen molar-refractivity contribution in [3.63, 3.8) is 0 Å². The van der Waals surface area contributed by atoms with Crippen LogP contribution in [0.4, 0.5) is 11.4 Å². The number of amides is 1. The molecule has 0 aliphatic carbocycles. The van der Waals surface area contributed by atoms with Gasteiger partial charge in [0.25, 0.3) is 5.91 Å². The van der Waals surface area contributed by atoms with Gasteiger partial charge in [-0.15, -0.1) is 0 Å². The Hall–Kier alpha value is -1.75. The van der Waals surface area contributed by atoms with Gasteiger partial charge in [0.1, 0.15) is 0 Å². The van der Waals surface area contributed by atoms with Crippen LogP contribution < -0.4 is 16.0 Å². The summed E-state index contributed by atoms with van der Waals surface area (Å²) in [4.78, 5) is 12.4. The first-order valence-electron chi connectivity index (χ1n) is 7.18. The molecule has 2 aliphatic rings. The van der Waals surface area contributed by atoms with E-state index >= 15 is 0 Å². The molecule has 0 radical (unpaired) electrons. The molecule has 1 aromatic carbocycles. The smallest absolute Gasteiger partial charge is 0.251 e. The number of hydrogen-bond donors (Lipinski definition) is 3. The van der Waals surface area contributed by atoms with E-state index in [2.05, 4.69) is 16.0 Å². The van der Waals surface area contributed by atoms with Crippen LogP contribution in [0.1, 0.15) is 30.1 Å². The quantitative estimate of drug-likeness (QED) is 0.770. The molecule has 5 nitrogen and oxygen atoms in total. The highest BCUT2D eigenvalue weighted by Crippen LogP contribution is 2.26. The van der Waals surface area contributed by atoms with E-state index in [0.29, 0.717) is 12.2 Å². The summed E-state index contributed by atoms with van der Waals surface area (Å²) in [5, 5.41) is 9.71. The molecule has 0 aromatic heterocycles. The first kappa shape index (κ1) is 13.2. The van der Waals surface area contributed by atoms with Gasteiger partial charge < -0.3 is 20.7 Å². The Morgan fingerprint density at radius 2 is 2.10 bits per heavy atom. The first-order valence-corrected chi connectivity index (χ1v) is 7.18. The van der Waals surface area contributed by atoms with E-state index < -0.39 is 0 Å². The number of carbonyl (C=O) groups excluding carboxylic acids is 1. The predicted octanol–water partition coefficient (Wildman–Crippen LogP) is 1.82. The molecule has 108 valence electrons. The van der Waals surface area contributed by atoms with Gasteiger partial charge in [-0.25, -0.2) is 0 Å². The second kappa shape index (κ2) is 5.32. The molecule has 1 unspecified atom stereocenters. The Morgan fingerprint density at radius 3 is 2.85 bits per heavy atom. The zero-order valence-corrected chi connectivity index (χ0v) is 11.8. The van der Waals surface area contributed by atoms with Crippen LogP contribution in [0.3, 0.4) is 0 Å². The average Bonchev–Trinajstić information content (AvgIpc) is 2.47. The minimum atomic E-state index is -0.253. The maximum atomic E-state index is 12.4. The summed E-state index contributed by atoms with van der Waals surface area (Å²) < 4.78 is 5.48. The topological polar surface area (TPSA) is 62.4 Å². The minimum absolute atomic E-state index is 0.0341. The maximum Gasteiger partial charge on any atom is 0.251 e. The third-order valence-corrected chi connectivity index (χ3v) is 3.89. The molecule has 3 rings (SSSR count). The van der Waals surface area contributed by atoms with Crippen molar-refractivity contribution in [1.29, 1.82) is 0 Å². The molecule has 2 heterocycles. The summed E-state index contributed by atoms with van der Waals surface area (Å²) in [6, 6.07) is 5.72. The molecule has 1 amide bonds. The molecule has 0 saturated carbocycles. The standard InChI is InChI=1S/C15H21N3O2/c1-15(5-2-8-20-10-15)18-14(19)11-3-4-12-13(9-11)17-7-6-16-12/h3-4,9,16-17H,2,5-8,10H2,1H3,(H,18,19). The van der Waals surface area contributed by atoms with Crippen LogP contribution in [0.5, 0.6) is 0 Å². The van der Waals surface area contributed by atoms with Gasteiger partial charge in [0.15, 0.2) is 0 Å². The number of benzene rings is 1. The van der Waals surface area contributed by atoms with Crippen molar-refractivity contribution in [3.8, 4) is 0 Å². The lowest BCUT2D eigenvalue weighted by Crippen LogP contribution is -2.51. The zero-order valence-electron chi connectivity index (χ0n) is 11.8. The minimum Gasteiger partial charge on any atom is -0.382 e. The Balaban J connectivity index is 1.73. The number of hydrogen-bond acceptors (Lipinski definition) is 4. The first-order chi connectivity index (χ1) is 9.66. The van der Waals surface area contributed by atoms with Crippen LogP contribution in [-0.2, 0) is 4.74 Å². The summed E-state index contributed by atoms with van der Waals surface area (Å²) in [6.07, 6.45) is 1.95. The van der Waals surface area contributed by atoms with Crippen LogP contribution in [-0.4, -0.2) is 37.7 Å². The van der Waals surface area contributed by atoms with Gasteiger partial charge >= 0.3 is 0 Å². The van der Waals surface area contributed by atoms with Crippen molar-refractivity contribution >= 4 is 17.3 Å². The summed E-state index contributed by atoms with van der Waals surface area (Å²) in [7, 11) is 0. The fourth-order valence-corrected chi connectivity index (χ4v) is 2.76. The van der Waals surface area contributed by atoms with Crippen LogP contribution in [0.2, 0.25) is 0 Å². The third kappa shape index (κ3) is 2.72. The van der Waals surface area contributed by atoms with Gasteiger partial charge in [0.05, 0.1) is 23.5 Å². The van der Waals surface area contributed by atoms with Crippen molar-refractivity contribution in [2.45, 2.75) is 25.3 Å². The second-order valence-electron chi connectivity index (χ2n) is 5.78. The van der Waals surface area contributed by atoms with Crippen molar-refractivity contribution in [3.05, 3.63) is 23.8 Å². The number of fused-ring (bicyclic) bond motifs is 1. The average molecular weight is 275 g/mol.